The maximum Gasteiger partial charge on any atom is 0.242 e. The number of nitrogens with zero attached hydrogens (tertiary/aromatic N) is 3. The first-order valence-corrected chi connectivity index (χ1v) is 4.43. The van der Waals surface area contributed by atoms with E-state index in [-0.39, 0.29) is 5.91 Å². The molecule has 0 bridgehead atoms. The van der Waals surface area contributed by atoms with E-state index in [0.29, 0.717) is 6.54 Å². The molecular weight excluding hydrogens is 166 g/mol. The van der Waals surface area contributed by atoms with E-state index in [1.165, 1.54) is 0 Å². The number of imidazole rings is 1. The maximum absolute atomic E-state index is 11.5. The fourth-order valence-electron chi connectivity index (χ4n) is 1.12. The quantitative estimate of drug-likeness (QED) is 0.687. The molecular formula is C9H15N3O. The number of aromatic nitrogens is 2. The molecule has 0 N–H and O–H groups in total. The Morgan fingerprint density at radius 2 is 2.38 bits per heavy atom. The van der Waals surface area contributed by atoms with Crippen LogP contribution in [0.25, 0.3) is 0 Å². The lowest BCUT2D eigenvalue weighted by molar-refractivity contribution is -0.130. The minimum absolute atomic E-state index is 0.125. The second-order valence-corrected chi connectivity index (χ2v) is 3.05. The Bertz CT molecular complexity index is 256. The molecule has 0 saturated heterocycles. The molecule has 0 unspecified atom stereocenters. The van der Waals surface area contributed by atoms with Gasteiger partial charge in [0.2, 0.25) is 5.91 Å². The van der Waals surface area contributed by atoms with Crippen LogP contribution in [0.4, 0.5) is 0 Å². The number of carbonyl (C=O) groups excluding carboxylic acids is 1. The highest BCUT2D eigenvalue weighted by atomic mass is 16.2. The lowest BCUT2D eigenvalue weighted by Gasteiger charge is -2.15. The van der Waals surface area contributed by atoms with Gasteiger partial charge in [0.25, 0.3) is 0 Å². The van der Waals surface area contributed by atoms with Crippen LogP contribution in [0.5, 0.6) is 0 Å². The topological polar surface area (TPSA) is 38.1 Å². The monoisotopic (exact) mass is 181 g/mol. The Balaban J connectivity index is 2.41. The van der Waals surface area contributed by atoms with Gasteiger partial charge in [-0.1, -0.05) is 6.92 Å². The van der Waals surface area contributed by atoms with Crippen molar-refractivity contribution in [2.75, 3.05) is 13.6 Å². The fourth-order valence-corrected chi connectivity index (χ4v) is 1.12. The number of amides is 1. The zero-order chi connectivity index (χ0) is 9.68. The number of hydrogen-bond acceptors (Lipinski definition) is 2. The second-order valence-electron chi connectivity index (χ2n) is 3.05. The summed E-state index contributed by atoms with van der Waals surface area (Å²) in [7, 11) is 1.82. The van der Waals surface area contributed by atoms with Crippen molar-refractivity contribution in [3.05, 3.63) is 18.7 Å². The SMILES string of the molecule is CCCN(C)C(=O)Cn1ccnc1. The third kappa shape index (κ3) is 2.89. The Morgan fingerprint density at radius 1 is 1.62 bits per heavy atom. The fraction of sp³-hybridized carbons (Fsp3) is 0.556. The Labute approximate surface area is 78.2 Å². The minimum atomic E-state index is 0.125. The molecule has 0 aliphatic heterocycles. The molecule has 0 aromatic carbocycles. The Morgan fingerprint density at radius 3 is 2.92 bits per heavy atom. The normalized spacial score (nSPS) is 10.0. The van der Waals surface area contributed by atoms with E-state index >= 15 is 0 Å². The minimum Gasteiger partial charge on any atom is -0.344 e. The summed E-state index contributed by atoms with van der Waals surface area (Å²) in [5, 5.41) is 0. The van der Waals surface area contributed by atoms with Gasteiger partial charge >= 0.3 is 0 Å². The van der Waals surface area contributed by atoms with Gasteiger partial charge in [-0.2, -0.15) is 0 Å². The number of hydrogen-bond donors (Lipinski definition) is 0. The summed E-state index contributed by atoms with van der Waals surface area (Å²) in [5.41, 5.74) is 0. The van der Waals surface area contributed by atoms with E-state index in [9.17, 15) is 4.79 Å². The zero-order valence-electron chi connectivity index (χ0n) is 8.10. The van der Waals surface area contributed by atoms with E-state index in [0.717, 1.165) is 13.0 Å². The van der Waals surface area contributed by atoms with Gasteiger partial charge in [-0.3, -0.25) is 4.79 Å². The van der Waals surface area contributed by atoms with Crippen LogP contribution in [-0.4, -0.2) is 34.0 Å². The van der Waals surface area contributed by atoms with Crippen molar-refractivity contribution in [1.29, 1.82) is 0 Å². The number of likely N-dealkylation sites (N-methyl/N-ethyl adjacent to an activating group) is 1. The molecule has 1 amide bonds. The van der Waals surface area contributed by atoms with E-state index in [2.05, 4.69) is 11.9 Å². The molecule has 0 radical (unpaired) electrons. The first kappa shape index (κ1) is 9.77. The van der Waals surface area contributed by atoms with Gasteiger partial charge in [0.1, 0.15) is 6.54 Å². The van der Waals surface area contributed by atoms with Crippen molar-refractivity contribution >= 4 is 5.91 Å². The van der Waals surface area contributed by atoms with Crippen molar-refractivity contribution in [1.82, 2.24) is 14.5 Å². The van der Waals surface area contributed by atoms with Crippen LogP contribution in [0, 0.1) is 0 Å². The van der Waals surface area contributed by atoms with Crippen LogP contribution in [0.2, 0.25) is 0 Å². The predicted octanol–water partition coefficient (Wildman–Crippen LogP) is 0.751. The van der Waals surface area contributed by atoms with Crippen molar-refractivity contribution < 1.29 is 4.79 Å². The molecule has 72 valence electrons. The van der Waals surface area contributed by atoms with Gasteiger partial charge in [-0.25, -0.2) is 4.98 Å². The third-order valence-electron chi connectivity index (χ3n) is 1.86. The van der Waals surface area contributed by atoms with Gasteiger partial charge in [-0.15, -0.1) is 0 Å². The van der Waals surface area contributed by atoms with Crippen molar-refractivity contribution in [2.45, 2.75) is 19.9 Å². The molecule has 4 nitrogen and oxygen atoms in total. The van der Waals surface area contributed by atoms with Crippen LogP contribution >= 0.6 is 0 Å². The molecule has 1 aromatic rings. The Kier molecular flexibility index (Phi) is 3.49. The smallest absolute Gasteiger partial charge is 0.242 e. The predicted molar refractivity (Wildman–Crippen MR) is 50.2 cm³/mol. The summed E-state index contributed by atoms with van der Waals surface area (Å²) in [4.78, 5) is 17.1. The molecule has 13 heavy (non-hydrogen) atoms. The second kappa shape index (κ2) is 4.64. The van der Waals surface area contributed by atoms with Crippen LogP contribution < -0.4 is 0 Å². The third-order valence-corrected chi connectivity index (χ3v) is 1.86. The summed E-state index contributed by atoms with van der Waals surface area (Å²) < 4.78 is 1.77. The van der Waals surface area contributed by atoms with Crippen molar-refractivity contribution in [3.63, 3.8) is 0 Å². The molecule has 0 aliphatic rings. The molecule has 1 heterocycles. The van der Waals surface area contributed by atoms with Crippen LogP contribution in [0.15, 0.2) is 18.7 Å². The largest absolute Gasteiger partial charge is 0.344 e. The molecule has 0 spiro atoms. The molecule has 4 heteroatoms. The van der Waals surface area contributed by atoms with Gasteiger partial charge in [0, 0.05) is 26.0 Å². The molecule has 1 aromatic heterocycles. The van der Waals surface area contributed by atoms with Crippen LogP contribution in [0.1, 0.15) is 13.3 Å². The molecule has 0 saturated carbocycles. The highest BCUT2D eigenvalue weighted by Crippen LogP contribution is 1.92. The van der Waals surface area contributed by atoms with E-state index < -0.39 is 0 Å². The van der Waals surface area contributed by atoms with E-state index in [4.69, 9.17) is 0 Å². The van der Waals surface area contributed by atoms with Crippen LogP contribution in [0.3, 0.4) is 0 Å². The highest BCUT2D eigenvalue weighted by molar-refractivity contribution is 5.75. The van der Waals surface area contributed by atoms with Crippen molar-refractivity contribution in [3.8, 4) is 0 Å². The van der Waals surface area contributed by atoms with Crippen LogP contribution in [-0.2, 0) is 11.3 Å². The standard InChI is InChI=1S/C9H15N3O/c1-3-5-11(2)9(13)7-12-6-4-10-8-12/h4,6,8H,3,5,7H2,1-2H3. The molecule has 0 aliphatic carbocycles. The van der Waals surface area contributed by atoms with Gasteiger partial charge in [0.05, 0.1) is 6.33 Å². The average Bonchev–Trinajstić information content (AvgIpc) is 2.57. The first-order chi connectivity index (χ1) is 6.24. The van der Waals surface area contributed by atoms with Gasteiger partial charge in [-0.05, 0) is 6.42 Å². The van der Waals surface area contributed by atoms with E-state index in [1.807, 2.05) is 7.05 Å². The summed E-state index contributed by atoms with van der Waals surface area (Å²) in [6, 6.07) is 0. The molecule has 1 rings (SSSR count). The zero-order valence-corrected chi connectivity index (χ0v) is 8.10. The average molecular weight is 181 g/mol. The number of rotatable bonds is 4. The summed E-state index contributed by atoms with van der Waals surface area (Å²) in [5.74, 6) is 0.125. The lowest BCUT2D eigenvalue weighted by atomic mass is 10.4. The van der Waals surface area contributed by atoms with Crippen molar-refractivity contribution in [2.24, 2.45) is 0 Å². The van der Waals surface area contributed by atoms with Gasteiger partial charge in [0.15, 0.2) is 0 Å². The summed E-state index contributed by atoms with van der Waals surface area (Å²) in [6.07, 6.45) is 6.11. The maximum atomic E-state index is 11.5. The molecule has 0 atom stereocenters. The van der Waals surface area contributed by atoms with E-state index in [1.54, 1.807) is 28.2 Å². The molecule has 0 fully saturated rings. The lowest BCUT2D eigenvalue weighted by Crippen LogP contribution is -2.30. The highest BCUT2D eigenvalue weighted by Gasteiger charge is 2.06. The summed E-state index contributed by atoms with van der Waals surface area (Å²) >= 11 is 0. The van der Waals surface area contributed by atoms with Gasteiger partial charge < -0.3 is 9.47 Å². The first-order valence-electron chi connectivity index (χ1n) is 4.43. The summed E-state index contributed by atoms with van der Waals surface area (Å²) in [6.45, 7) is 3.25. The number of carbonyl (C=O) groups is 1. The Hall–Kier alpha value is -1.32.